The minimum atomic E-state index is -0.514. The van der Waals surface area contributed by atoms with Gasteiger partial charge >= 0.3 is 0 Å². The topological polar surface area (TPSA) is 42.5 Å². The lowest BCUT2D eigenvalue weighted by Crippen LogP contribution is -2.55. The Balaban J connectivity index is 1.17. The van der Waals surface area contributed by atoms with E-state index in [1.54, 1.807) is 12.1 Å². The van der Waals surface area contributed by atoms with Crippen molar-refractivity contribution in [3.63, 3.8) is 0 Å². The minimum Gasteiger partial charge on any atom is -0.388 e. The summed E-state index contributed by atoms with van der Waals surface area (Å²) in [6, 6.07) is 15.4. The summed E-state index contributed by atoms with van der Waals surface area (Å²) >= 11 is 0. The molecule has 2 aromatic carbocycles. The van der Waals surface area contributed by atoms with E-state index in [1.165, 1.54) is 34.3 Å². The maximum atomic E-state index is 13.0. The zero-order valence-electron chi connectivity index (χ0n) is 16.6. The summed E-state index contributed by atoms with van der Waals surface area (Å²) in [4.78, 5) is 8.77. The quantitative estimate of drug-likeness (QED) is 0.692. The van der Waals surface area contributed by atoms with Gasteiger partial charge < -0.3 is 15.0 Å². The second-order valence-corrected chi connectivity index (χ2v) is 8.47. The van der Waals surface area contributed by atoms with E-state index in [2.05, 4.69) is 39.0 Å². The zero-order chi connectivity index (χ0) is 19.8. The standard InChI is InChI=1S/C24H28FN3O/c25-18-9-7-17(8-10-18)24(29)6-3-11-27-12-13-28-16-23-21(14-19(28)15-27)20-4-1-2-5-22(20)26-23/h1-2,4-5,7-10,19,24,26,29H,3,6,11-16H2. The monoisotopic (exact) mass is 393 g/mol. The molecule has 152 valence electrons. The van der Waals surface area contributed by atoms with Gasteiger partial charge in [0.2, 0.25) is 0 Å². The Bertz CT molecular complexity index is 983. The molecular weight excluding hydrogens is 365 g/mol. The van der Waals surface area contributed by atoms with Gasteiger partial charge in [-0.2, -0.15) is 0 Å². The molecular formula is C24H28FN3O. The lowest BCUT2D eigenvalue weighted by molar-refractivity contribution is 0.0563. The van der Waals surface area contributed by atoms with Gasteiger partial charge in [-0.3, -0.25) is 4.90 Å². The molecule has 3 aromatic rings. The van der Waals surface area contributed by atoms with Crippen molar-refractivity contribution in [3.8, 4) is 0 Å². The molecule has 29 heavy (non-hydrogen) atoms. The number of nitrogens with one attached hydrogen (secondary N) is 1. The molecule has 5 rings (SSSR count). The van der Waals surface area contributed by atoms with Gasteiger partial charge in [-0.15, -0.1) is 0 Å². The number of aromatic nitrogens is 1. The van der Waals surface area contributed by atoms with Crippen LogP contribution in [0.15, 0.2) is 48.5 Å². The molecule has 1 saturated heterocycles. The Labute approximate surface area is 170 Å². The maximum Gasteiger partial charge on any atom is 0.123 e. The highest BCUT2D eigenvalue weighted by Gasteiger charge is 2.33. The molecule has 4 nitrogen and oxygen atoms in total. The van der Waals surface area contributed by atoms with E-state index in [9.17, 15) is 9.50 Å². The van der Waals surface area contributed by atoms with Crippen molar-refractivity contribution in [1.82, 2.24) is 14.8 Å². The number of hydrogen-bond acceptors (Lipinski definition) is 3. The summed E-state index contributed by atoms with van der Waals surface area (Å²) in [6.07, 6.45) is 2.25. The van der Waals surface area contributed by atoms with Gasteiger partial charge in [-0.25, -0.2) is 4.39 Å². The zero-order valence-corrected chi connectivity index (χ0v) is 16.6. The highest BCUT2D eigenvalue weighted by atomic mass is 19.1. The van der Waals surface area contributed by atoms with E-state index in [4.69, 9.17) is 0 Å². The first-order valence-corrected chi connectivity index (χ1v) is 10.7. The average molecular weight is 394 g/mol. The SMILES string of the molecule is OC(CCCN1CCN2Cc3[nH]c4ccccc4c3CC2C1)c1ccc(F)cc1. The molecule has 0 amide bonds. The van der Waals surface area contributed by atoms with Crippen LogP contribution in [0, 0.1) is 5.82 Å². The first kappa shape index (κ1) is 18.8. The van der Waals surface area contributed by atoms with Crippen LogP contribution in [0.5, 0.6) is 0 Å². The van der Waals surface area contributed by atoms with Gasteiger partial charge in [0.25, 0.3) is 0 Å². The van der Waals surface area contributed by atoms with Gasteiger partial charge in [0.05, 0.1) is 6.10 Å². The molecule has 1 fully saturated rings. The van der Waals surface area contributed by atoms with Gasteiger partial charge in [0.1, 0.15) is 5.82 Å². The third-order valence-electron chi connectivity index (χ3n) is 6.60. The number of H-pyrrole nitrogens is 1. The van der Waals surface area contributed by atoms with Crippen molar-refractivity contribution in [2.75, 3.05) is 26.2 Å². The molecule has 5 heteroatoms. The van der Waals surface area contributed by atoms with E-state index in [0.717, 1.165) is 51.1 Å². The number of piperazine rings is 1. The molecule has 2 aliphatic rings. The van der Waals surface area contributed by atoms with Crippen LogP contribution in [0.1, 0.15) is 35.8 Å². The summed E-state index contributed by atoms with van der Waals surface area (Å²) in [7, 11) is 0. The number of nitrogens with zero attached hydrogens (tertiary/aromatic N) is 2. The Kier molecular flexibility index (Phi) is 5.12. The Hall–Kier alpha value is -2.21. The van der Waals surface area contributed by atoms with Crippen LogP contribution in [0.4, 0.5) is 4.39 Å². The molecule has 2 aliphatic heterocycles. The van der Waals surface area contributed by atoms with Crippen molar-refractivity contribution >= 4 is 10.9 Å². The van der Waals surface area contributed by atoms with Crippen molar-refractivity contribution in [2.24, 2.45) is 0 Å². The highest BCUT2D eigenvalue weighted by Crippen LogP contribution is 2.31. The van der Waals surface area contributed by atoms with E-state index in [-0.39, 0.29) is 5.82 Å². The number of rotatable bonds is 5. The van der Waals surface area contributed by atoms with Crippen LogP contribution in [-0.2, 0) is 13.0 Å². The number of para-hydroxylation sites is 1. The third-order valence-corrected chi connectivity index (χ3v) is 6.60. The van der Waals surface area contributed by atoms with Crippen molar-refractivity contribution in [1.29, 1.82) is 0 Å². The first-order chi connectivity index (χ1) is 14.2. The lowest BCUT2D eigenvalue weighted by atomic mass is 9.94. The summed E-state index contributed by atoms with van der Waals surface area (Å²) < 4.78 is 13.0. The minimum absolute atomic E-state index is 0.260. The number of halogens is 1. The van der Waals surface area contributed by atoms with E-state index >= 15 is 0 Å². The molecule has 0 aliphatic carbocycles. The number of aromatic amines is 1. The molecule has 2 unspecified atom stereocenters. The molecule has 3 heterocycles. The fourth-order valence-electron chi connectivity index (χ4n) is 4.98. The Morgan fingerprint density at radius 3 is 2.79 bits per heavy atom. The van der Waals surface area contributed by atoms with Crippen LogP contribution >= 0.6 is 0 Å². The molecule has 0 saturated carbocycles. The second kappa shape index (κ2) is 7.90. The molecule has 0 radical (unpaired) electrons. The predicted octanol–water partition coefficient (Wildman–Crippen LogP) is 3.86. The van der Waals surface area contributed by atoms with Crippen LogP contribution in [0.2, 0.25) is 0 Å². The average Bonchev–Trinajstić information content (AvgIpc) is 3.10. The summed E-state index contributed by atoms with van der Waals surface area (Å²) in [6.45, 7) is 5.29. The Morgan fingerprint density at radius 2 is 1.93 bits per heavy atom. The van der Waals surface area contributed by atoms with Crippen LogP contribution < -0.4 is 0 Å². The molecule has 1 aromatic heterocycles. The largest absolute Gasteiger partial charge is 0.388 e. The van der Waals surface area contributed by atoms with E-state index in [0.29, 0.717) is 12.5 Å². The van der Waals surface area contributed by atoms with E-state index in [1.807, 2.05) is 0 Å². The summed E-state index contributed by atoms with van der Waals surface area (Å²) in [5.74, 6) is -0.260. The Morgan fingerprint density at radius 1 is 1.10 bits per heavy atom. The molecule has 0 bridgehead atoms. The lowest BCUT2D eigenvalue weighted by Gasteiger charge is -2.44. The second-order valence-electron chi connectivity index (χ2n) is 8.47. The third kappa shape index (κ3) is 3.82. The van der Waals surface area contributed by atoms with Gasteiger partial charge in [-0.1, -0.05) is 30.3 Å². The normalized spacial score (nSPS) is 21.1. The molecule has 2 N–H and O–H groups in total. The van der Waals surface area contributed by atoms with E-state index < -0.39 is 6.10 Å². The maximum absolute atomic E-state index is 13.0. The van der Waals surface area contributed by atoms with Crippen LogP contribution in [-0.4, -0.2) is 52.1 Å². The number of fused-ring (bicyclic) bond motifs is 4. The highest BCUT2D eigenvalue weighted by molar-refractivity contribution is 5.84. The van der Waals surface area contributed by atoms with Crippen molar-refractivity contribution in [3.05, 3.63) is 71.2 Å². The van der Waals surface area contributed by atoms with Crippen LogP contribution in [0.25, 0.3) is 10.9 Å². The summed E-state index contributed by atoms with van der Waals surface area (Å²) in [5, 5.41) is 11.7. The van der Waals surface area contributed by atoms with Gasteiger partial charge in [-0.05, 0) is 55.1 Å². The molecule has 0 spiro atoms. The first-order valence-electron chi connectivity index (χ1n) is 10.7. The van der Waals surface area contributed by atoms with Gasteiger partial charge in [0, 0.05) is 48.8 Å². The molecule has 2 atom stereocenters. The van der Waals surface area contributed by atoms with Crippen molar-refractivity contribution in [2.45, 2.75) is 38.0 Å². The fraction of sp³-hybridized carbons (Fsp3) is 0.417. The summed E-state index contributed by atoms with van der Waals surface area (Å²) in [5.41, 5.74) is 4.94. The predicted molar refractivity (Wildman–Crippen MR) is 113 cm³/mol. The van der Waals surface area contributed by atoms with Crippen molar-refractivity contribution < 1.29 is 9.50 Å². The van der Waals surface area contributed by atoms with Gasteiger partial charge in [0.15, 0.2) is 0 Å². The smallest absolute Gasteiger partial charge is 0.123 e. The van der Waals surface area contributed by atoms with Crippen LogP contribution in [0.3, 0.4) is 0 Å². The fourth-order valence-corrected chi connectivity index (χ4v) is 4.98. The number of hydrogen-bond donors (Lipinski definition) is 2. The number of aliphatic hydroxyl groups excluding tert-OH is 1. The number of aliphatic hydroxyl groups is 1. The number of benzene rings is 2.